The molecule has 184 valence electrons. The third-order valence-electron chi connectivity index (χ3n) is 6.00. The summed E-state index contributed by atoms with van der Waals surface area (Å²) in [6, 6.07) is 11.5. The number of allylic oxidation sites excluding steroid dienone is 1. The summed E-state index contributed by atoms with van der Waals surface area (Å²) in [7, 11) is 0. The molecule has 8 heteroatoms. The van der Waals surface area contributed by atoms with Crippen molar-refractivity contribution in [1.29, 1.82) is 0 Å². The number of carbonyl (C=O) groups is 3. The minimum absolute atomic E-state index is 0.0180. The first kappa shape index (κ1) is 25.0. The molecular formula is C28H23F3N2O3. The maximum Gasteiger partial charge on any atom is 0.416 e. The molecule has 0 atom stereocenters. The van der Waals surface area contributed by atoms with E-state index in [4.69, 9.17) is 0 Å². The van der Waals surface area contributed by atoms with Crippen molar-refractivity contribution in [2.45, 2.75) is 39.3 Å². The van der Waals surface area contributed by atoms with Crippen molar-refractivity contribution in [1.82, 2.24) is 4.98 Å². The average Bonchev–Trinajstić information content (AvgIpc) is 3.24. The normalized spacial score (nSPS) is 12.6. The van der Waals surface area contributed by atoms with Gasteiger partial charge < -0.3 is 5.32 Å². The summed E-state index contributed by atoms with van der Waals surface area (Å²) >= 11 is 0. The Labute approximate surface area is 206 Å². The van der Waals surface area contributed by atoms with E-state index in [-0.39, 0.29) is 35.9 Å². The van der Waals surface area contributed by atoms with Gasteiger partial charge in [0.15, 0.2) is 5.78 Å². The van der Waals surface area contributed by atoms with Crippen molar-refractivity contribution in [2.75, 3.05) is 5.32 Å². The summed E-state index contributed by atoms with van der Waals surface area (Å²) in [6.07, 6.45) is -0.868. The summed E-state index contributed by atoms with van der Waals surface area (Å²) in [6.45, 7) is 3.27. The summed E-state index contributed by atoms with van der Waals surface area (Å²) in [5.41, 5.74) is 3.85. The van der Waals surface area contributed by atoms with Gasteiger partial charge in [0.2, 0.25) is 0 Å². The summed E-state index contributed by atoms with van der Waals surface area (Å²) in [5.74, 6) is -0.663. The van der Waals surface area contributed by atoms with Crippen LogP contribution in [0.25, 0.3) is 6.08 Å². The Balaban J connectivity index is 1.45. The van der Waals surface area contributed by atoms with E-state index in [1.165, 1.54) is 25.3 Å². The molecule has 1 heterocycles. The Morgan fingerprint density at radius 2 is 1.72 bits per heavy atom. The van der Waals surface area contributed by atoms with Gasteiger partial charge in [-0.3, -0.25) is 19.4 Å². The molecule has 0 radical (unpaired) electrons. The van der Waals surface area contributed by atoms with Gasteiger partial charge in [-0.25, -0.2) is 0 Å². The van der Waals surface area contributed by atoms with E-state index in [2.05, 4.69) is 10.3 Å². The zero-order valence-electron chi connectivity index (χ0n) is 19.7. The number of hydrogen-bond donors (Lipinski definition) is 1. The number of aromatic nitrogens is 1. The number of pyridine rings is 1. The van der Waals surface area contributed by atoms with Crippen LogP contribution in [0.15, 0.2) is 60.3 Å². The van der Waals surface area contributed by atoms with Gasteiger partial charge in [0.05, 0.1) is 23.1 Å². The van der Waals surface area contributed by atoms with Crippen LogP contribution < -0.4 is 5.32 Å². The number of carbonyl (C=O) groups excluding carboxylic acids is 3. The lowest BCUT2D eigenvalue weighted by molar-refractivity contribution is -0.137. The highest BCUT2D eigenvalue weighted by Gasteiger charge is 2.30. The number of halogens is 3. The van der Waals surface area contributed by atoms with E-state index in [9.17, 15) is 27.6 Å². The number of fused-ring (bicyclic) bond motifs is 1. The van der Waals surface area contributed by atoms with Gasteiger partial charge in [0.25, 0.3) is 5.91 Å². The highest BCUT2D eigenvalue weighted by atomic mass is 19.4. The van der Waals surface area contributed by atoms with Crippen LogP contribution in [0.1, 0.15) is 50.8 Å². The largest absolute Gasteiger partial charge is 0.416 e. The second-order valence-corrected chi connectivity index (χ2v) is 8.86. The number of hydrogen-bond acceptors (Lipinski definition) is 4. The molecule has 0 fully saturated rings. The van der Waals surface area contributed by atoms with Crippen LogP contribution in [0.3, 0.4) is 0 Å². The molecule has 0 unspecified atom stereocenters. The lowest BCUT2D eigenvalue weighted by atomic mass is 9.98. The number of rotatable bonds is 7. The molecule has 1 amide bonds. The van der Waals surface area contributed by atoms with E-state index in [0.29, 0.717) is 34.4 Å². The number of alkyl halides is 3. The van der Waals surface area contributed by atoms with Crippen LogP contribution in [0.2, 0.25) is 0 Å². The third-order valence-corrected chi connectivity index (χ3v) is 6.00. The Hall–Kier alpha value is -4.07. The van der Waals surface area contributed by atoms with Crippen LogP contribution in [0.5, 0.6) is 0 Å². The Morgan fingerprint density at radius 1 is 1.00 bits per heavy atom. The second kappa shape index (κ2) is 9.89. The van der Waals surface area contributed by atoms with Crippen LogP contribution in [0, 0.1) is 6.92 Å². The molecule has 1 aliphatic carbocycles. The first-order chi connectivity index (χ1) is 17.0. The van der Waals surface area contributed by atoms with Crippen molar-refractivity contribution in [2.24, 2.45) is 0 Å². The minimum Gasteiger partial charge on any atom is -0.321 e. The van der Waals surface area contributed by atoms with Crippen LogP contribution >= 0.6 is 0 Å². The zero-order chi connectivity index (χ0) is 26.0. The Kier molecular flexibility index (Phi) is 6.88. The number of Topliss-reactive ketones (excluding diaryl/α,β-unsaturated/α-hetero) is 2. The lowest BCUT2D eigenvalue weighted by Gasteiger charge is -2.11. The predicted molar refractivity (Wildman–Crippen MR) is 130 cm³/mol. The molecule has 36 heavy (non-hydrogen) atoms. The standard InChI is InChI=1S/C28H23F3N2O3/c1-16-6-7-19(10-24(35)9-18-4-3-5-22(8-18)28(29,30)31)11-25(16)27(36)33-23-13-21-12-20(17(2)34)14-26(21)32-15-23/h3-8,11-13,15H,9-10,14H2,1-2H3,(H,33,36). The van der Waals surface area contributed by atoms with E-state index in [1.54, 1.807) is 37.3 Å². The number of amides is 1. The van der Waals surface area contributed by atoms with Gasteiger partial charge in [-0.1, -0.05) is 30.3 Å². The summed E-state index contributed by atoms with van der Waals surface area (Å²) in [5, 5.41) is 2.81. The van der Waals surface area contributed by atoms with Gasteiger partial charge in [-0.05, 0) is 60.4 Å². The molecule has 0 saturated heterocycles. The smallest absolute Gasteiger partial charge is 0.321 e. The molecule has 2 aromatic carbocycles. The SMILES string of the molecule is CC(=O)C1=Cc2cc(NC(=O)c3cc(CC(=O)Cc4cccc(C(F)(F)F)c4)ccc3C)cnc2C1. The molecule has 0 saturated carbocycles. The van der Waals surface area contributed by atoms with E-state index in [1.807, 2.05) is 0 Å². The molecule has 0 spiro atoms. The van der Waals surface area contributed by atoms with E-state index < -0.39 is 11.7 Å². The second-order valence-electron chi connectivity index (χ2n) is 8.86. The van der Waals surface area contributed by atoms with Crippen molar-refractivity contribution in [3.05, 3.63) is 99.4 Å². The van der Waals surface area contributed by atoms with Crippen LogP contribution in [0.4, 0.5) is 18.9 Å². The molecule has 4 rings (SSSR count). The quantitative estimate of drug-likeness (QED) is 0.470. The maximum absolute atomic E-state index is 13.0. The van der Waals surface area contributed by atoms with Crippen molar-refractivity contribution >= 4 is 29.2 Å². The van der Waals surface area contributed by atoms with E-state index >= 15 is 0 Å². The molecule has 3 aromatic rings. The maximum atomic E-state index is 13.0. The van der Waals surface area contributed by atoms with Crippen molar-refractivity contribution in [3.63, 3.8) is 0 Å². The van der Waals surface area contributed by atoms with Crippen molar-refractivity contribution in [3.8, 4) is 0 Å². The first-order valence-electron chi connectivity index (χ1n) is 11.3. The van der Waals surface area contributed by atoms with Gasteiger partial charge in [-0.2, -0.15) is 13.2 Å². The molecule has 5 nitrogen and oxygen atoms in total. The number of nitrogens with one attached hydrogen (secondary N) is 1. The average molecular weight is 492 g/mol. The van der Waals surface area contributed by atoms with Crippen molar-refractivity contribution < 1.29 is 27.6 Å². The number of benzene rings is 2. The highest BCUT2D eigenvalue weighted by Crippen LogP contribution is 2.30. The zero-order valence-corrected chi connectivity index (χ0v) is 19.7. The molecule has 1 aromatic heterocycles. The van der Waals surface area contributed by atoms with Gasteiger partial charge in [0.1, 0.15) is 5.78 Å². The Morgan fingerprint density at radius 3 is 2.42 bits per heavy atom. The molecule has 1 aliphatic rings. The third kappa shape index (κ3) is 5.76. The van der Waals surface area contributed by atoms with Gasteiger partial charge in [0, 0.05) is 30.4 Å². The number of aryl methyl sites for hydroxylation is 1. The fraction of sp³-hybridized carbons (Fsp3) is 0.214. The van der Waals surface area contributed by atoms with Gasteiger partial charge >= 0.3 is 6.18 Å². The van der Waals surface area contributed by atoms with Crippen LogP contribution in [-0.4, -0.2) is 22.5 Å². The fourth-order valence-electron chi connectivity index (χ4n) is 4.09. The molecular weight excluding hydrogens is 469 g/mol. The lowest BCUT2D eigenvalue weighted by Crippen LogP contribution is -2.15. The number of anilines is 1. The molecule has 0 aliphatic heterocycles. The fourth-order valence-corrected chi connectivity index (χ4v) is 4.09. The predicted octanol–water partition coefficient (Wildman–Crippen LogP) is 5.54. The van der Waals surface area contributed by atoms with Crippen LogP contribution in [-0.2, 0) is 35.0 Å². The Bertz CT molecular complexity index is 1410. The number of nitrogens with zero attached hydrogens (tertiary/aromatic N) is 1. The number of ketones is 2. The highest BCUT2D eigenvalue weighted by molar-refractivity contribution is 6.06. The molecule has 0 bridgehead atoms. The summed E-state index contributed by atoms with van der Waals surface area (Å²) < 4.78 is 38.8. The summed E-state index contributed by atoms with van der Waals surface area (Å²) in [4.78, 5) is 41.5. The topological polar surface area (TPSA) is 76.1 Å². The van der Waals surface area contributed by atoms with Gasteiger partial charge in [-0.15, -0.1) is 0 Å². The van der Waals surface area contributed by atoms with E-state index in [0.717, 1.165) is 23.4 Å². The molecule has 1 N–H and O–H groups in total. The first-order valence-corrected chi connectivity index (χ1v) is 11.3. The minimum atomic E-state index is -4.47. The monoisotopic (exact) mass is 492 g/mol.